The fourth-order valence-electron chi connectivity index (χ4n) is 1.89. The Labute approximate surface area is 79.0 Å². The van der Waals surface area contributed by atoms with Gasteiger partial charge in [0.15, 0.2) is 0 Å². The molecule has 74 valence electrons. The van der Waals surface area contributed by atoms with E-state index in [1.807, 2.05) is 11.0 Å². The lowest BCUT2D eigenvalue weighted by Gasteiger charge is -2.29. The van der Waals surface area contributed by atoms with Crippen molar-refractivity contribution in [2.24, 2.45) is 0 Å². The molecule has 0 aliphatic carbocycles. The van der Waals surface area contributed by atoms with E-state index in [2.05, 4.69) is 13.8 Å². The highest BCUT2D eigenvalue weighted by atomic mass is 16.4. The van der Waals surface area contributed by atoms with Crippen molar-refractivity contribution in [3.05, 3.63) is 12.2 Å². The molecule has 0 amide bonds. The second-order valence-electron chi connectivity index (χ2n) is 3.38. The van der Waals surface area contributed by atoms with Gasteiger partial charge in [-0.25, -0.2) is 0 Å². The second-order valence-corrected chi connectivity index (χ2v) is 3.38. The summed E-state index contributed by atoms with van der Waals surface area (Å²) in [7, 11) is 0. The number of nitrogens with zero attached hydrogens (tertiary/aromatic N) is 1. The molecule has 13 heavy (non-hydrogen) atoms. The topological polar surface area (TPSA) is 40.5 Å². The van der Waals surface area contributed by atoms with E-state index < -0.39 is 12.0 Å². The summed E-state index contributed by atoms with van der Waals surface area (Å²) < 4.78 is 0. The van der Waals surface area contributed by atoms with Gasteiger partial charge in [-0.1, -0.05) is 26.0 Å². The first-order valence-corrected chi connectivity index (χ1v) is 4.85. The average Bonchev–Trinajstić information content (AvgIpc) is 2.55. The second kappa shape index (κ2) is 4.42. The summed E-state index contributed by atoms with van der Waals surface area (Å²) in [6.45, 7) is 4.99. The normalized spacial score (nSPS) is 22.8. The molecule has 0 bridgehead atoms. The van der Waals surface area contributed by atoms with Crippen LogP contribution in [0.1, 0.15) is 26.7 Å². The molecule has 0 spiro atoms. The molecule has 0 saturated carbocycles. The molecule has 3 heteroatoms. The van der Waals surface area contributed by atoms with Crippen LogP contribution in [0, 0.1) is 0 Å². The van der Waals surface area contributed by atoms with Gasteiger partial charge in [0.2, 0.25) is 0 Å². The maximum absolute atomic E-state index is 10.9. The molecule has 0 aromatic carbocycles. The molecule has 1 heterocycles. The van der Waals surface area contributed by atoms with Gasteiger partial charge in [-0.05, 0) is 12.8 Å². The number of aliphatic carboxylic acids is 1. The van der Waals surface area contributed by atoms with E-state index in [9.17, 15) is 4.79 Å². The van der Waals surface area contributed by atoms with Crippen LogP contribution in [0.2, 0.25) is 0 Å². The van der Waals surface area contributed by atoms with Crippen molar-refractivity contribution < 1.29 is 9.90 Å². The van der Waals surface area contributed by atoms with Crippen LogP contribution in [-0.4, -0.2) is 34.6 Å². The summed E-state index contributed by atoms with van der Waals surface area (Å²) in [6.07, 6.45) is 5.75. The van der Waals surface area contributed by atoms with Crippen molar-refractivity contribution in [2.75, 3.05) is 6.54 Å². The highest BCUT2D eigenvalue weighted by molar-refractivity contribution is 5.76. The lowest BCUT2D eigenvalue weighted by Crippen LogP contribution is -2.43. The van der Waals surface area contributed by atoms with Crippen molar-refractivity contribution in [1.29, 1.82) is 0 Å². The summed E-state index contributed by atoms with van der Waals surface area (Å²) in [6, 6.07) is 0.000926. The first-order valence-electron chi connectivity index (χ1n) is 4.85. The molecule has 0 saturated heterocycles. The Morgan fingerprint density at radius 1 is 1.62 bits per heavy atom. The Morgan fingerprint density at radius 3 is 2.69 bits per heavy atom. The van der Waals surface area contributed by atoms with Crippen LogP contribution in [0.3, 0.4) is 0 Å². The van der Waals surface area contributed by atoms with Crippen LogP contribution in [0.4, 0.5) is 0 Å². The monoisotopic (exact) mass is 183 g/mol. The summed E-state index contributed by atoms with van der Waals surface area (Å²) >= 11 is 0. The van der Waals surface area contributed by atoms with Gasteiger partial charge in [0.1, 0.15) is 6.04 Å². The number of carbonyl (C=O) groups is 1. The molecule has 0 fully saturated rings. The Balaban J connectivity index is 2.64. The fraction of sp³-hybridized carbons (Fsp3) is 0.700. The maximum atomic E-state index is 10.9. The number of carboxylic acids is 1. The standard InChI is InChI=1S/C10H17NO2/c1-3-8(4-2)11-7-5-6-9(11)10(12)13/h5-6,8-9H,3-4,7H2,1-2H3,(H,12,13). The zero-order valence-electron chi connectivity index (χ0n) is 8.23. The van der Waals surface area contributed by atoms with E-state index in [0.29, 0.717) is 6.04 Å². The number of hydrogen-bond donors (Lipinski definition) is 1. The molecule has 1 aliphatic heterocycles. The van der Waals surface area contributed by atoms with Crippen molar-refractivity contribution in [2.45, 2.75) is 38.8 Å². The van der Waals surface area contributed by atoms with Gasteiger partial charge < -0.3 is 5.11 Å². The lowest BCUT2D eigenvalue weighted by molar-refractivity contribution is -0.141. The van der Waals surface area contributed by atoms with E-state index >= 15 is 0 Å². The van der Waals surface area contributed by atoms with Crippen molar-refractivity contribution in [3.63, 3.8) is 0 Å². The van der Waals surface area contributed by atoms with Crippen LogP contribution in [-0.2, 0) is 4.79 Å². The predicted octanol–water partition coefficient (Wildman–Crippen LogP) is 1.50. The van der Waals surface area contributed by atoms with Gasteiger partial charge in [0.05, 0.1) is 0 Å². The summed E-state index contributed by atoms with van der Waals surface area (Å²) in [5, 5.41) is 8.93. The van der Waals surface area contributed by atoms with E-state index in [1.165, 1.54) is 0 Å². The quantitative estimate of drug-likeness (QED) is 0.671. The van der Waals surface area contributed by atoms with E-state index in [4.69, 9.17) is 5.11 Å². The predicted molar refractivity (Wildman–Crippen MR) is 51.6 cm³/mol. The highest BCUT2D eigenvalue weighted by Gasteiger charge is 2.29. The maximum Gasteiger partial charge on any atom is 0.324 e. The minimum absolute atomic E-state index is 0.398. The summed E-state index contributed by atoms with van der Waals surface area (Å²) in [5.41, 5.74) is 0. The molecule has 0 aromatic rings. The summed E-state index contributed by atoms with van der Waals surface area (Å²) in [4.78, 5) is 12.9. The zero-order valence-corrected chi connectivity index (χ0v) is 8.23. The molecule has 3 nitrogen and oxygen atoms in total. The first-order chi connectivity index (χ1) is 6.20. The van der Waals surface area contributed by atoms with Gasteiger partial charge in [-0.3, -0.25) is 9.69 Å². The lowest BCUT2D eigenvalue weighted by atomic mass is 10.1. The number of hydrogen-bond acceptors (Lipinski definition) is 2. The fourth-order valence-corrected chi connectivity index (χ4v) is 1.89. The average molecular weight is 183 g/mol. The molecule has 0 aromatic heterocycles. The van der Waals surface area contributed by atoms with Crippen LogP contribution in [0.25, 0.3) is 0 Å². The number of carboxylic acid groups (broad SMARTS) is 1. The third-order valence-electron chi connectivity index (χ3n) is 2.66. The SMILES string of the molecule is CCC(CC)N1CC=CC1C(=O)O. The third kappa shape index (κ3) is 2.10. The van der Waals surface area contributed by atoms with Gasteiger partial charge in [-0.2, -0.15) is 0 Å². The molecule has 1 unspecified atom stereocenters. The Bertz CT molecular complexity index is 209. The van der Waals surface area contributed by atoms with Crippen LogP contribution in [0.5, 0.6) is 0 Å². The first kappa shape index (κ1) is 10.3. The van der Waals surface area contributed by atoms with Crippen molar-refractivity contribution in [1.82, 2.24) is 4.90 Å². The van der Waals surface area contributed by atoms with Crippen molar-refractivity contribution in [3.8, 4) is 0 Å². The van der Waals surface area contributed by atoms with Crippen LogP contribution >= 0.6 is 0 Å². The Morgan fingerprint density at radius 2 is 2.23 bits per heavy atom. The Hall–Kier alpha value is -0.830. The van der Waals surface area contributed by atoms with Gasteiger partial charge in [-0.15, -0.1) is 0 Å². The molecule has 1 N–H and O–H groups in total. The largest absolute Gasteiger partial charge is 0.480 e. The molecule has 0 radical (unpaired) electrons. The molecule has 1 atom stereocenters. The number of rotatable bonds is 4. The molecule has 1 aliphatic rings. The summed E-state index contributed by atoms with van der Waals surface area (Å²) in [5.74, 6) is -0.736. The van der Waals surface area contributed by atoms with Crippen LogP contribution in [0.15, 0.2) is 12.2 Å². The minimum atomic E-state index is -0.736. The van der Waals surface area contributed by atoms with Crippen molar-refractivity contribution >= 4 is 5.97 Å². The Kier molecular flexibility index (Phi) is 3.48. The third-order valence-corrected chi connectivity index (χ3v) is 2.66. The van der Waals surface area contributed by atoms with Gasteiger partial charge in [0, 0.05) is 12.6 Å². The minimum Gasteiger partial charge on any atom is -0.480 e. The van der Waals surface area contributed by atoms with Crippen LogP contribution < -0.4 is 0 Å². The van der Waals surface area contributed by atoms with E-state index in [1.54, 1.807) is 6.08 Å². The molecular formula is C10H17NO2. The zero-order chi connectivity index (χ0) is 9.84. The smallest absolute Gasteiger partial charge is 0.324 e. The molecule has 1 rings (SSSR count). The highest BCUT2D eigenvalue weighted by Crippen LogP contribution is 2.18. The van der Waals surface area contributed by atoms with Gasteiger partial charge in [0.25, 0.3) is 0 Å². The molecular weight excluding hydrogens is 166 g/mol. The van der Waals surface area contributed by atoms with E-state index in [0.717, 1.165) is 19.4 Å². The van der Waals surface area contributed by atoms with E-state index in [-0.39, 0.29) is 0 Å². The van der Waals surface area contributed by atoms with Gasteiger partial charge >= 0.3 is 5.97 Å².